The Balaban J connectivity index is 5.57. The fourth-order valence-corrected chi connectivity index (χ4v) is 3.81. The summed E-state index contributed by atoms with van der Waals surface area (Å²) in [6.45, 7) is 1.35. The molecule has 0 aliphatic carbocycles. The average molecular weight is 587 g/mol. The van der Waals surface area contributed by atoms with Gasteiger partial charge in [-0.2, -0.15) is 0 Å². The lowest BCUT2D eigenvalue weighted by atomic mass is 10.0. The van der Waals surface area contributed by atoms with Gasteiger partial charge in [-0.1, -0.05) is 6.42 Å². The Morgan fingerprint density at radius 3 is 1.44 bits per heavy atom. The van der Waals surface area contributed by atoms with Crippen LogP contribution < -0.4 is 55.3 Å². The number of aliphatic carboxylic acids is 1. The van der Waals surface area contributed by atoms with Crippen molar-refractivity contribution in [2.75, 3.05) is 26.2 Å². The number of amides is 3. The molecule has 0 aromatic rings. The van der Waals surface area contributed by atoms with E-state index in [0.29, 0.717) is 58.0 Å². The molecule has 0 aromatic carbocycles. The van der Waals surface area contributed by atoms with E-state index >= 15 is 0 Å². The van der Waals surface area contributed by atoms with Gasteiger partial charge in [0, 0.05) is 13.1 Å². The molecule has 0 aliphatic rings. The van der Waals surface area contributed by atoms with E-state index in [0.717, 1.165) is 0 Å². The van der Waals surface area contributed by atoms with E-state index in [1.807, 2.05) is 0 Å². The van der Waals surface area contributed by atoms with Crippen molar-refractivity contribution in [2.24, 2.45) is 28.7 Å². The molecule has 4 atom stereocenters. The minimum atomic E-state index is -1.26. The SMILES string of the molecule is N=C(N)NCCC[C@H](NC(=O)[C@H](CCCNC(=N)N)NC(=O)[C@H](CCCCN)NC(=O)[C@@H](N)CCCCN)C(=O)O. The molecule has 17 nitrogen and oxygen atoms in total. The Kier molecular flexibility index (Phi) is 20.1. The highest BCUT2D eigenvalue weighted by atomic mass is 16.4. The number of hydrogen-bond acceptors (Lipinski definition) is 9. The van der Waals surface area contributed by atoms with E-state index in [9.17, 15) is 24.3 Å². The Labute approximate surface area is 240 Å². The lowest BCUT2D eigenvalue weighted by Crippen LogP contribution is -2.57. The van der Waals surface area contributed by atoms with Gasteiger partial charge < -0.3 is 60.4 Å². The summed E-state index contributed by atoms with van der Waals surface area (Å²) in [4.78, 5) is 50.9. The number of nitrogens with one attached hydrogen (secondary N) is 7. The molecule has 0 radical (unpaired) electrons. The highest BCUT2D eigenvalue weighted by Crippen LogP contribution is 2.07. The molecule has 17 heteroatoms. The van der Waals surface area contributed by atoms with Gasteiger partial charge in [-0.25, -0.2) is 4.79 Å². The van der Waals surface area contributed by atoms with Crippen LogP contribution in [-0.2, 0) is 19.2 Å². The van der Waals surface area contributed by atoms with Crippen LogP contribution in [0.5, 0.6) is 0 Å². The van der Waals surface area contributed by atoms with Crippen molar-refractivity contribution in [3.8, 4) is 0 Å². The number of nitrogens with two attached hydrogens (primary N) is 5. The Hall–Kier alpha value is -3.70. The second-order valence-electron chi connectivity index (χ2n) is 9.66. The first-order valence-electron chi connectivity index (χ1n) is 13.9. The Bertz CT molecular complexity index is 844. The zero-order valence-corrected chi connectivity index (χ0v) is 23.7. The molecule has 0 saturated heterocycles. The van der Waals surface area contributed by atoms with Gasteiger partial charge >= 0.3 is 5.97 Å². The Morgan fingerprint density at radius 2 is 1.00 bits per heavy atom. The van der Waals surface area contributed by atoms with Gasteiger partial charge in [0.2, 0.25) is 17.7 Å². The summed E-state index contributed by atoms with van der Waals surface area (Å²) >= 11 is 0. The number of rotatable bonds is 23. The first-order chi connectivity index (χ1) is 19.4. The number of carboxylic acid groups (broad SMARTS) is 1. The van der Waals surface area contributed by atoms with Gasteiger partial charge in [-0.3, -0.25) is 25.2 Å². The monoisotopic (exact) mass is 586 g/mol. The van der Waals surface area contributed by atoms with Crippen LogP contribution in [0.2, 0.25) is 0 Å². The highest BCUT2D eigenvalue weighted by molar-refractivity contribution is 5.94. The van der Waals surface area contributed by atoms with E-state index in [2.05, 4.69) is 26.6 Å². The number of hydrogen-bond donors (Lipinski definition) is 13. The maximum Gasteiger partial charge on any atom is 0.326 e. The van der Waals surface area contributed by atoms with Crippen LogP contribution in [0.4, 0.5) is 0 Å². The fraction of sp³-hybridized carbons (Fsp3) is 0.750. The third kappa shape index (κ3) is 18.3. The Morgan fingerprint density at radius 1 is 0.610 bits per heavy atom. The molecule has 236 valence electrons. The normalized spacial score (nSPS) is 13.6. The maximum absolute atomic E-state index is 13.3. The maximum atomic E-state index is 13.3. The summed E-state index contributed by atoms with van der Waals surface area (Å²) in [7, 11) is 0. The van der Waals surface area contributed by atoms with E-state index in [-0.39, 0.29) is 44.3 Å². The smallest absolute Gasteiger partial charge is 0.326 e. The first kappa shape index (κ1) is 37.3. The summed E-state index contributed by atoms with van der Waals surface area (Å²) < 4.78 is 0. The summed E-state index contributed by atoms with van der Waals surface area (Å²) in [6, 6.07) is -4.22. The van der Waals surface area contributed by atoms with Crippen LogP contribution in [0, 0.1) is 10.8 Å². The van der Waals surface area contributed by atoms with Crippen molar-refractivity contribution in [2.45, 2.75) is 88.4 Å². The zero-order valence-electron chi connectivity index (χ0n) is 23.7. The van der Waals surface area contributed by atoms with Crippen molar-refractivity contribution in [1.82, 2.24) is 26.6 Å². The number of guanidine groups is 2. The number of carbonyl (C=O) groups excluding carboxylic acids is 3. The van der Waals surface area contributed by atoms with Crippen molar-refractivity contribution in [1.29, 1.82) is 10.8 Å². The van der Waals surface area contributed by atoms with E-state index in [4.69, 9.17) is 39.5 Å². The predicted octanol–water partition coefficient (Wildman–Crippen LogP) is -3.36. The summed E-state index contributed by atoms with van der Waals surface area (Å²) in [6.07, 6.45) is 3.92. The van der Waals surface area contributed by atoms with Gasteiger partial charge in [-0.05, 0) is 70.9 Å². The zero-order chi connectivity index (χ0) is 31.2. The molecule has 0 fully saturated rings. The van der Waals surface area contributed by atoms with E-state index in [1.165, 1.54) is 0 Å². The van der Waals surface area contributed by atoms with Gasteiger partial charge in [0.05, 0.1) is 6.04 Å². The van der Waals surface area contributed by atoms with Crippen molar-refractivity contribution in [3.63, 3.8) is 0 Å². The molecule has 0 rings (SSSR count). The average Bonchev–Trinajstić information content (AvgIpc) is 2.90. The number of carboxylic acids is 1. The van der Waals surface area contributed by atoms with Crippen LogP contribution in [0.3, 0.4) is 0 Å². The lowest BCUT2D eigenvalue weighted by molar-refractivity contribution is -0.142. The molecule has 3 amide bonds. The highest BCUT2D eigenvalue weighted by Gasteiger charge is 2.30. The van der Waals surface area contributed by atoms with E-state index in [1.54, 1.807) is 0 Å². The minimum absolute atomic E-state index is 0.0493. The van der Waals surface area contributed by atoms with Crippen LogP contribution in [0.25, 0.3) is 0 Å². The largest absolute Gasteiger partial charge is 0.480 e. The molecule has 0 bridgehead atoms. The fourth-order valence-electron chi connectivity index (χ4n) is 3.81. The van der Waals surface area contributed by atoms with Crippen molar-refractivity contribution >= 4 is 35.6 Å². The molecule has 0 spiro atoms. The summed E-state index contributed by atoms with van der Waals surface area (Å²) in [5, 5.41) is 37.0. The van der Waals surface area contributed by atoms with Gasteiger partial charge in [0.15, 0.2) is 11.9 Å². The van der Waals surface area contributed by atoms with Gasteiger partial charge in [-0.15, -0.1) is 0 Å². The minimum Gasteiger partial charge on any atom is -0.480 e. The molecule has 0 saturated carbocycles. The number of carbonyl (C=O) groups is 4. The predicted molar refractivity (Wildman–Crippen MR) is 156 cm³/mol. The molecule has 41 heavy (non-hydrogen) atoms. The molecular formula is C24H50N12O5. The van der Waals surface area contributed by atoms with Crippen LogP contribution in [0.15, 0.2) is 0 Å². The number of unbranched alkanes of at least 4 members (excludes halogenated alkanes) is 2. The third-order valence-corrected chi connectivity index (χ3v) is 6.10. The molecule has 0 aliphatic heterocycles. The van der Waals surface area contributed by atoms with Crippen molar-refractivity contribution < 1.29 is 24.3 Å². The van der Waals surface area contributed by atoms with E-state index < -0.39 is 47.9 Å². The van der Waals surface area contributed by atoms with Crippen LogP contribution in [0.1, 0.15) is 64.2 Å². The summed E-state index contributed by atoms with van der Waals surface area (Å²) in [5.41, 5.74) is 27.6. The van der Waals surface area contributed by atoms with Crippen LogP contribution >= 0.6 is 0 Å². The molecule has 0 heterocycles. The standard InChI is InChI=1S/C24H50N12O5/c25-11-3-1-7-15(27)19(37)34-16(8-2-4-12-26)20(38)35-17(9-5-13-32-23(28)29)21(39)36-18(22(40)41)10-6-14-33-24(30)31/h15-18H,1-14,25-27H2,(H,34,37)(H,35,38)(H,36,39)(H,40,41)(H4,28,29,32)(H4,30,31,33)/t15-,16-,17-,18-/m0/s1. The van der Waals surface area contributed by atoms with Gasteiger partial charge in [0.25, 0.3) is 0 Å². The lowest BCUT2D eigenvalue weighted by Gasteiger charge is -2.25. The first-order valence-corrected chi connectivity index (χ1v) is 13.9. The topological polar surface area (TPSA) is 326 Å². The molecular weight excluding hydrogens is 536 g/mol. The molecule has 0 aromatic heterocycles. The third-order valence-electron chi connectivity index (χ3n) is 6.10. The second-order valence-corrected chi connectivity index (χ2v) is 9.66. The molecule has 0 unspecified atom stereocenters. The van der Waals surface area contributed by atoms with Crippen molar-refractivity contribution in [3.05, 3.63) is 0 Å². The quantitative estimate of drug-likeness (QED) is 0.0317. The molecule has 18 N–H and O–H groups in total. The van der Waals surface area contributed by atoms with Crippen LogP contribution in [-0.4, -0.2) is 91.1 Å². The van der Waals surface area contributed by atoms with Gasteiger partial charge in [0.1, 0.15) is 18.1 Å². The second kappa shape index (κ2) is 22.0. The summed E-state index contributed by atoms with van der Waals surface area (Å²) in [5.74, 6) is -3.63.